The molecule has 2 heteroatoms. The third-order valence-corrected chi connectivity index (χ3v) is 4.53. The summed E-state index contributed by atoms with van der Waals surface area (Å²) in [5.74, 6) is 1.93. The molecule has 1 aliphatic carbocycles. The maximum absolute atomic E-state index is 6.41. The third kappa shape index (κ3) is 2.59. The highest BCUT2D eigenvalue weighted by atomic mass is 16.5. The van der Waals surface area contributed by atoms with E-state index >= 15 is 0 Å². The third-order valence-electron chi connectivity index (χ3n) is 4.53. The highest BCUT2D eigenvalue weighted by Crippen LogP contribution is 2.39. The van der Waals surface area contributed by atoms with Gasteiger partial charge in [-0.3, -0.25) is 4.98 Å². The van der Waals surface area contributed by atoms with Gasteiger partial charge in [-0.05, 0) is 75.4 Å². The zero-order valence-electron chi connectivity index (χ0n) is 13.9. The molecule has 0 aliphatic heterocycles. The lowest BCUT2D eigenvalue weighted by atomic mass is 10.1. The van der Waals surface area contributed by atoms with Gasteiger partial charge in [0.05, 0.1) is 5.52 Å². The van der Waals surface area contributed by atoms with E-state index in [0.29, 0.717) is 0 Å². The predicted molar refractivity (Wildman–Crippen MR) is 94.5 cm³/mol. The second-order valence-electron chi connectivity index (χ2n) is 6.67. The van der Waals surface area contributed by atoms with Crippen molar-refractivity contribution >= 4 is 10.9 Å². The van der Waals surface area contributed by atoms with Crippen LogP contribution in [-0.4, -0.2) is 4.98 Å². The number of hydrogen-bond acceptors (Lipinski definition) is 2. The van der Waals surface area contributed by atoms with E-state index in [1.54, 1.807) is 0 Å². The van der Waals surface area contributed by atoms with Crippen molar-refractivity contribution in [2.24, 2.45) is 0 Å². The van der Waals surface area contributed by atoms with E-state index in [1.807, 2.05) is 0 Å². The van der Waals surface area contributed by atoms with Crippen LogP contribution in [0.2, 0.25) is 0 Å². The van der Waals surface area contributed by atoms with Gasteiger partial charge in [-0.25, -0.2) is 0 Å². The number of ether oxygens (including phenoxy) is 1. The van der Waals surface area contributed by atoms with Crippen molar-refractivity contribution in [1.29, 1.82) is 0 Å². The molecular formula is C21H21NO. The van der Waals surface area contributed by atoms with Gasteiger partial charge < -0.3 is 4.74 Å². The van der Waals surface area contributed by atoms with E-state index in [0.717, 1.165) is 35.2 Å². The summed E-state index contributed by atoms with van der Waals surface area (Å²) in [4.78, 5) is 4.85. The first-order valence-electron chi connectivity index (χ1n) is 8.28. The first-order chi connectivity index (χ1) is 11.1. The van der Waals surface area contributed by atoms with Gasteiger partial charge >= 0.3 is 0 Å². The van der Waals surface area contributed by atoms with Crippen LogP contribution in [0.25, 0.3) is 10.9 Å². The zero-order chi connectivity index (χ0) is 16.0. The lowest BCUT2D eigenvalue weighted by Gasteiger charge is -2.15. The summed E-state index contributed by atoms with van der Waals surface area (Å²) in [7, 11) is 0. The average molecular weight is 303 g/mol. The fraction of sp³-hybridized carbons (Fsp3) is 0.286. The van der Waals surface area contributed by atoms with E-state index in [-0.39, 0.29) is 0 Å². The van der Waals surface area contributed by atoms with Crippen molar-refractivity contribution in [1.82, 2.24) is 4.98 Å². The fourth-order valence-electron chi connectivity index (χ4n) is 3.56. The van der Waals surface area contributed by atoms with Crippen LogP contribution < -0.4 is 4.74 Å². The van der Waals surface area contributed by atoms with Gasteiger partial charge in [-0.15, -0.1) is 0 Å². The molecule has 116 valence electrons. The van der Waals surface area contributed by atoms with Crippen molar-refractivity contribution < 1.29 is 4.74 Å². The first-order valence-corrected chi connectivity index (χ1v) is 8.28. The minimum absolute atomic E-state index is 0.922. The normalized spacial score (nSPS) is 13.3. The number of benzene rings is 2. The Balaban J connectivity index is 1.92. The number of fused-ring (bicyclic) bond motifs is 2. The van der Waals surface area contributed by atoms with Crippen molar-refractivity contribution in [3.63, 3.8) is 0 Å². The van der Waals surface area contributed by atoms with Gasteiger partial charge in [0.25, 0.3) is 0 Å². The molecule has 3 aromatic rings. The van der Waals surface area contributed by atoms with Gasteiger partial charge in [0.2, 0.25) is 0 Å². The van der Waals surface area contributed by atoms with Gasteiger partial charge in [0, 0.05) is 16.6 Å². The van der Waals surface area contributed by atoms with Gasteiger partial charge in [0.15, 0.2) is 0 Å². The first kappa shape index (κ1) is 14.3. The summed E-state index contributed by atoms with van der Waals surface area (Å²) >= 11 is 0. The molecule has 0 atom stereocenters. The van der Waals surface area contributed by atoms with Crippen molar-refractivity contribution in [3.8, 4) is 11.5 Å². The molecule has 0 unspecified atom stereocenters. The Morgan fingerprint density at radius 3 is 2.43 bits per heavy atom. The van der Waals surface area contributed by atoms with E-state index in [9.17, 15) is 0 Å². The molecule has 0 spiro atoms. The molecule has 1 heterocycles. The second-order valence-corrected chi connectivity index (χ2v) is 6.67. The fourth-order valence-corrected chi connectivity index (χ4v) is 3.56. The van der Waals surface area contributed by atoms with Gasteiger partial charge in [0.1, 0.15) is 11.5 Å². The van der Waals surface area contributed by atoms with Crippen molar-refractivity contribution in [3.05, 3.63) is 64.3 Å². The molecular weight excluding hydrogens is 282 g/mol. The average Bonchev–Trinajstić information content (AvgIpc) is 2.95. The second kappa shape index (κ2) is 5.38. The molecule has 0 saturated carbocycles. The van der Waals surface area contributed by atoms with Crippen LogP contribution in [0.5, 0.6) is 11.5 Å². The summed E-state index contributed by atoms with van der Waals surface area (Å²) in [5.41, 5.74) is 7.23. The molecule has 0 radical (unpaired) electrons. The highest BCUT2D eigenvalue weighted by Gasteiger charge is 2.21. The predicted octanol–water partition coefficient (Wildman–Crippen LogP) is 5.44. The Labute approximate surface area is 137 Å². The number of nitrogens with zero attached hydrogens (tertiary/aromatic N) is 1. The standard InChI is InChI=1S/C21H21NO/c1-13-7-8-20-18(12-13)21(17-5-4-6-19(17)22-20)23-16-10-14(2)9-15(3)11-16/h7-12H,4-6H2,1-3H3. The van der Waals surface area contributed by atoms with E-state index < -0.39 is 0 Å². The molecule has 2 aromatic carbocycles. The number of rotatable bonds is 2. The van der Waals surface area contributed by atoms with Crippen LogP contribution >= 0.6 is 0 Å². The molecule has 0 saturated heterocycles. The van der Waals surface area contributed by atoms with Crippen LogP contribution in [-0.2, 0) is 12.8 Å². The highest BCUT2D eigenvalue weighted by molar-refractivity contribution is 5.88. The van der Waals surface area contributed by atoms with Crippen molar-refractivity contribution in [2.45, 2.75) is 40.0 Å². The Morgan fingerprint density at radius 2 is 1.65 bits per heavy atom. The topological polar surface area (TPSA) is 22.1 Å². The Bertz CT molecular complexity index is 891. The van der Waals surface area contributed by atoms with Crippen LogP contribution in [0.15, 0.2) is 36.4 Å². The van der Waals surface area contributed by atoms with Crippen LogP contribution in [0.3, 0.4) is 0 Å². The number of aromatic nitrogens is 1. The quantitative estimate of drug-likeness (QED) is 0.629. The van der Waals surface area contributed by atoms with Crippen LogP contribution in [0.4, 0.5) is 0 Å². The molecule has 0 bridgehead atoms. The Hall–Kier alpha value is -2.35. The molecule has 0 N–H and O–H groups in total. The molecule has 0 amide bonds. The molecule has 23 heavy (non-hydrogen) atoms. The maximum atomic E-state index is 6.41. The smallest absolute Gasteiger partial charge is 0.141 e. The number of aryl methyl sites for hydroxylation is 4. The summed E-state index contributed by atoms with van der Waals surface area (Å²) in [6.45, 7) is 6.34. The molecule has 0 fully saturated rings. The summed E-state index contributed by atoms with van der Waals surface area (Å²) in [5, 5.41) is 1.13. The van der Waals surface area contributed by atoms with E-state index in [2.05, 4.69) is 57.2 Å². The number of hydrogen-bond donors (Lipinski definition) is 0. The lowest BCUT2D eigenvalue weighted by Crippen LogP contribution is -1.97. The maximum Gasteiger partial charge on any atom is 0.141 e. The Morgan fingerprint density at radius 1 is 0.870 bits per heavy atom. The van der Waals surface area contributed by atoms with Crippen molar-refractivity contribution in [2.75, 3.05) is 0 Å². The summed E-state index contributed by atoms with van der Waals surface area (Å²) in [6.07, 6.45) is 3.29. The summed E-state index contributed by atoms with van der Waals surface area (Å²) in [6, 6.07) is 12.8. The van der Waals surface area contributed by atoms with E-state index in [1.165, 1.54) is 34.4 Å². The lowest BCUT2D eigenvalue weighted by molar-refractivity contribution is 0.481. The molecule has 2 nitrogen and oxygen atoms in total. The van der Waals surface area contributed by atoms with Gasteiger partial charge in [-0.1, -0.05) is 17.7 Å². The minimum Gasteiger partial charge on any atom is -0.456 e. The molecule has 1 aliphatic rings. The largest absolute Gasteiger partial charge is 0.456 e. The SMILES string of the molecule is Cc1cc(C)cc(Oc2c3c(nc4ccc(C)cc24)CCC3)c1. The van der Waals surface area contributed by atoms with Gasteiger partial charge in [-0.2, -0.15) is 0 Å². The minimum atomic E-state index is 0.922. The van der Waals surface area contributed by atoms with E-state index in [4.69, 9.17) is 9.72 Å². The zero-order valence-corrected chi connectivity index (χ0v) is 13.9. The monoisotopic (exact) mass is 303 g/mol. The Kier molecular flexibility index (Phi) is 3.33. The van der Waals surface area contributed by atoms with Crippen LogP contribution in [0.1, 0.15) is 34.4 Å². The molecule has 1 aromatic heterocycles. The number of pyridine rings is 1. The van der Waals surface area contributed by atoms with Crippen LogP contribution in [0, 0.1) is 20.8 Å². The molecule has 4 rings (SSSR count). The summed E-state index contributed by atoms with van der Waals surface area (Å²) < 4.78 is 6.41.